The van der Waals surface area contributed by atoms with Gasteiger partial charge in [0, 0.05) is 30.0 Å². The minimum absolute atomic E-state index is 0.0700. The van der Waals surface area contributed by atoms with Crippen molar-refractivity contribution in [1.29, 1.82) is 0 Å². The summed E-state index contributed by atoms with van der Waals surface area (Å²) in [6, 6.07) is 12.9. The lowest BCUT2D eigenvalue weighted by molar-refractivity contribution is -0.159. The van der Waals surface area contributed by atoms with Crippen LogP contribution in [0.25, 0.3) is 0 Å². The number of nitrogens with zero attached hydrogens (tertiary/aromatic N) is 2. The summed E-state index contributed by atoms with van der Waals surface area (Å²) in [5, 5.41) is 9.94. The molecule has 0 spiro atoms. The van der Waals surface area contributed by atoms with Gasteiger partial charge in [-0.2, -0.15) is 0 Å². The Labute approximate surface area is 187 Å². The lowest BCUT2D eigenvalue weighted by Gasteiger charge is -2.58. The highest BCUT2D eigenvalue weighted by molar-refractivity contribution is 5.97. The third-order valence-electron chi connectivity index (χ3n) is 6.15. The Hall–Kier alpha value is -3.17. The van der Waals surface area contributed by atoms with Gasteiger partial charge < -0.3 is 14.9 Å². The summed E-state index contributed by atoms with van der Waals surface area (Å²) < 4.78 is 13.6. The standard InChI is InChI=1S/C26H27FN2O3/c1-17(2)5-3-6-18-9-11-19(12-10-18)25-22-14-28(15-24(31)29(22)23(25)16-30)26(32)20-7-4-8-21(27)13-20/h4,7-13,17,22-23,25,30H,5,14-16H2,1-2H3/t22-,23-,25-/m0/s1. The predicted molar refractivity (Wildman–Crippen MR) is 119 cm³/mol. The van der Waals surface area contributed by atoms with Crippen molar-refractivity contribution in [3.05, 3.63) is 71.0 Å². The summed E-state index contributed by atoms with van der Waals surface area (Å²) in [4.78, 5) is 28.8. The van der Waals surface area contributed by atoms with Gasteiger partial charge in [-0.25, -0.2) is 4.39 Å². The van der Waals surface area contributed by atoms with Gasteiger partial charge in [-0.15, -0.1) is 0 Å². The molecule has 2 saturated heterocycles. The highest BCUT2D eigenvalue weighted by Crippen LogP contribution is 2.43. The molecule has 2 aromatic carbocycles. The molecular formula is C26H27FN2O3. The number of aliphatic hydroxyl groups excluding tert-OH is 1. The van der Waals surface area contributed by atoms with Crippen LogP contribution in [0.3, 0.4) is 0 Å². The van der Waals surface area contributed by atoms with Gasteiger partial charge in [0.25, 0.3) is 5.91 Å². The van der Waals surface area contributed by atoms with Gasteiger partial charge in [0.2, 0.25) is 5.91 Å². The van der Waals surface area contributed by atoms with Gasteiger partial charge in [-0.1, -0.05) is 43.9 Å². The van der Waals surface area contributed by atoms with E-state index in [1.807, 2.05) is 24.3 Å². The van der Waals surface area contributed by atoms with E-state index in [1.165, 1.54) is 23.1 Å². The normalized spacial score (nSPS) is 22.2. The topological polar surface area (TPSA) is 60.9 Å². The van der Waals surface area contributed by atoms with Crippen LogP contribution in [-0.4, -0.2) is 58.5 Å². The van der Waals surface area contributed by atoms with E-state index in [1.54, 1.807) is 11.0 Å². The maximum absolute atomic E-state index is 13.6. The monoisotopic (exact) mass is 434 g/mol. The van der Waals surface area contributed by atoms with Crippen molar-refractivity contribution in [3.8, 4) is 11.8 Å². The molecule has 0 aliphatic carbocycles. The molecule has 32 heavy (non-hydrogen) atoms. The number of amides is 2. The molecule has 5 nitrogen and oxygen atoms in total. The van der Waals surface area contributed by atoms with Gasteiger partial charge in [0.15, 0.2) is 0 Å². The van der Waals surface area contributed by atoms with Crippen LogP contribution in [0.2, 0.25) is 0 Å². The Balaban J connectivity index is 1.53. The van der Waals surface area contributed by atoms with Crippen molar-refractivity contribution in [3.63, 3.8) is 0 Å². The van der Waals surface area contributed by atoms with Gasteiger partial charge in [0.1, 0.15) is 12.4 Å². The third-order valence-corrected chi connectivity index (χ3v) is 6.15. The second-order valence-corrected chi connectivity index (χ2v) is 8.86. The minimum atomic E-state index is -0.487. The number of piperazine rings is 1. The first-order valence-electron chi connectivity index (χ1n) is 10.9. The lowest BCUT2D eigenvalue weighted by Crippen LogP contribution is -2.73. The number of halogens is 1. The quantitative estimate of drug-likeness (QED) is 0.753. The number of fused-ring (bicyclic) bond motifs is 1. The van der Waals surface area contributed by atoms with Crippen LogP contribution in [0.15, 0.2) is 48.5 Å². The molecule has 2 amide bonds. The molecule has 2 heterocycles. The fourth-order valence-corrected chi connectivity index (χ4v) is 4.60. The zero-order valence-corrected chi connectivity index (χ0v) is 18.3. The van der Waals surface area contributed by atoms with Crippen molar-refractivity contribution in [2.45, 2.75) is 38.3 Å². The SMILES string of the molecule is CC(C)CC#Cc1ccc([C@@H]2[C@H](CO)N3C(=O)CN(C(=O)c4cccc(F)c4)C[C@@H]23)cc1. The van der Waals surface area contributed by atoms with E-state index >= 15 is 0 Å². The Kier molecular flexibility index (Phi) is 6.29. The first-order valence-corrected chi connectivity index (χ1v) is 10.9. The Morgan fingerprint density at radius 1 is 1.22 bits per heavy atom. The largest absolute Gasteiger partial charge is 0.394 e. The van der Waals surface area contributed by atoms with Gasteiger partial charge in [0.05, 0.1) is 18.7 Å². The first-order chi connectivity index (χ1) is 15.4. The molecular weight excluding hydrogens is 407 g/mol. The summed E-state index contributed by atoms with van der Waals surface area (Å²) in [5.41, 5.74) is 2.16. The maximum Gasteiger partial charge on any atom is 0.254 e. The van der Waals surface area contributed by atoms with Crippen LogP contribution in [0.4, 0.5) is 4.39 Å². The number of carbonyl (C=O) groups is 2. The third kappa shape index (κ3) is 4.26. The van der Waals surface area contributed by atoms with Crippen LogP contribution in [0.1, 0.15) is 47.7 Å². The van der Waals surface area contributed by atoms with Crippen LogP contribution < -0.4 is 0 Å². The fourth-order valence-electron chi connectivity index (χ4n) is 4.60. The summed E-state index contributed by atoms with van der Waals surface area (Å²) in [6.07, 6.45) is 0.839. The number of rotatable bonds is 4. The molecule has 166 valence electrons. The van der Waals surface area contributed by atoms with Crippen molar-refractivity contribution >= 4 is 11.8 Å². The number of hydrogen-bond donors (Lipinski definition) is 1. The van der Waals surface area contributed by atoms with E-state index < -0.39 is 5.82 Å². The summed E-state index contributed by atoms with van der Waals surface area (Å²) in [7, 11) is 0. The summed E-state index contributed by atoms with van der Waals surface area (Å²) in [5.74, 6) is 5.74. The molecule has 2 aliphatic rings. The van der Waals surface area contributed by atoms with Crippen LogP contribution in [-0.2, 0) is 4.79 Å². The Morgan fingerprint density at radius 2 is 1.97 bits per heavy atom. The van der Waals surface area contributed by atoms with Crippen molar-refractivity contribution < 1.29 is 19.1 Å². The molecule has 0 bridgehead atoms. The van der Waals surface area contributed by atoms with Crippen molar-refractivity contribution in [2.75, 3.05) is 19.7 Å². The van der Waals surface area contributed by atoms with E-state index in [0.717, 1.165) is 17.5 Å². The molecule has 1 N–H and O–H groups in total. The van der Waals surface area contributed by atoms with Crippen LogP contribution >= 0.6 is 0 Å². The number of carbonyl (C=O) groups excluding carboxylic acids is 2. The molecule has 0 aromatic heterocycles. The molecule has 2 fully saturated rings. The predicted octanol–water partition coefficient (Wildman–Crippen LogP) is 3.03. The highest BCUT2D eigenvalue weighted by atomic mass is 19.1. The maximum atomic E-state index is 13.6. The van der Waals surface area contributed by atoms with Crippen molar-refractivity contribution in [1.82, 2.24) is 9.80 Å². The van der Waals surface area contributed by atoms with E-state index in [4.69, 9.17) is 0 Å². The molecule has 3 atom stereocenters. The van der Waals surface area contributed by atoms with Crippen molar-refractivity contribution in [2.24, 2.45) is 5.92 Å². The second kappa shape index (κ2) is 9.13. The minimum Gasteiger partial charge on any atom is -0.394 e. The number of hydrogen-bond acceptors (Lipinski definition) is 3. The molecule has 0 radical (unpaired) electrons. The summed E-state index contributed by atoms with van der Waals surface area (Å²) >= 11 is 0. The Bertz CT molecular complexity index is 1070. The second-order valence-electron chi connectivity index (χ2n) is 8.86. The lowest BCUT2D eigenvalue weighted by atomic mass is 9.73. The van der Waals surface area contributed by atoms with E-state index in [-0.39, 0.29) is 48.5 Å². The first kappa shape index (κ1) is 22.0. The zero-order chi connectivity index (χ0) is 22.8. The number of benzene rings is 2. The molecule has 6 heteroatoms. The van der Waals surface area contributed by atoms with Crippen LogP contribution in [0.5, 0.6) is 0 Å². The molecule has 4 rings (SSSR count). The van der Waals surface area contributed by atoms with E-state index in [2.05, 4.69) is 25.7 Å². The molecule has 0 saturated carbocycles. The molecule has 2 aromatic rings. The Morgan fingerprint density at radius 3 is 2.62 bits per heavy atom. The number of aliphatic hydroxyl groups is 1. The van der Waals surface area contributed by atoms with Gasteiger partial charge >= 0.3 is 0 Å². The van der Waals surface area contributed by atoms with E-state index in [9.17, 15) is 19.1 Å². The summed E-state index contributed by atoms with van der Waals surface area (Å²) in [6.45, 7) is 4.39. The van der Waals surface area contributed by atoms with Gasteiger partial charge in [-0.3, -0.25) is 9.59 Å². The molecule has 0 unspecified atom stereocenters. The van der Waals surface area contributed by atoms with E-state index in [0.29, 0.717) is 12.5 Å². The average molecular weight is 435 g/mol. The fraction of sp³-hybridized carbons (Fsp3) is 0.385. The highest BCUT2D eigenvalue weighted by Gasteiger charge is 2.54. The van der Waals surface area contributed by atoms with Gasteiger partial charge in [-0.05, 0) is 41.8 Å². The molecule has 2 aliphatic heterocycles. The smallest absolute Gasteiger partial charge is 0.254 e. The average Bonchev–Trinajstić information content (AvgIpc) is 2.75. The van der Waals surface area contributed by atoms with Crippen LogP contribution in [0, 0.1) is 23.6 Å². The zero-order valence-electron chi connectivity index (χ0n) is 18.3.